The molecule has 1 aromatic heterocycles. The zero-order chi connectivity index (χ0) is 21.9. The summed E-state index contributed by atoms with van der Waals surface area (Å²) in [6, 6.07) is 11.6. The predicted molar refractivity (Wildman–Crippen MR) is 119 cm³/mol. The average Bonchev–Trinajstić information content (AvgIpc) is 3.25. The minimum atomic E-state index is -0.854. The number of nitrogens with zero attached hydrogens (tertiary/aromatic N) is 3. The SMILES string of the molecule is CN/C=C(/CC1C(=O)N(C)C(N)=N[C@]1(C)c1cc(-c2cccc(C#N)c2)cs1)NN. The smallest absolute Gasteiger partial charge is 0.235 e. The first-order valence-electron chi connectivity index (χ1n) is 9.39. The molecule has 3 rings (SSSR count). The third-order valence-corrected chi connectivity index (χ3v) is 6.51. The minimum Gasteiger partial charge on any atom is -0.393 e. The summed E-state index contributed by atoms with van der Waals surface area (Å²) in [5, 5.41) is 14.1. The predicted octanol–water partition coefficient (Wildman–Crippen LogP) is 1.82. The Hall–Kier alpha value is -3.35. The molecule has 9 heteroatoms. The number of nitrogens with one attached hydrogen (secondary N) is 2. The lowest BCUT2D eigenvalue weighted by atomic mass is 9.79. The molecule has 6 N–H and O–H groups in total. The standard InChI is InChI=1S/C21H25N7OS/c1-21(18-8-15(12-30-18)14-6-4-5-13(7-14)10-22)17(9-16(27-24)11-25-2)19(29)28(3)20(23)26-21/h4-8,11-12,17,25,27H,9,24H2,1-3H3,(H2,23,26)/b16-11-/t17?,21-/m0/s1. The maximum atomic E-state index is 13.2. The lowest BCUT2D eigenvalue weighted by Crippen LogP contribution is -2.54. The van der Waals surface area contributed by atoms with Crippen LogP contribution >= 0.6 is 11.3 Å². The molecule has 2 heterocycles. The molecule has 30 heavy (non-hydrogen) atoms. The Labute approximate surface area is 179 Å². The number of nitriles is 1. The van der Waals surface area contributed by atoms with Crippen molar-refractivity contribution in [1.29, 1.82) is 5.26 Å². The summed E-state index contributed by atoms with van der Waals surface area (Å²) >= 11 is 1.52. The third-order valence-electron chi connectivity index (χ3n) is 5.35. The lowest BCUT2D eigenvalue weighted by molar-refractivity contribution is -0.134. The Morgan fingerprint density at radius 3 is 2.87 bits per heavy atom. The molecule has 0 fully saturated rings. The summed E-state index contributed by atoms with van der Waals surface area (Å²) in [6.45, 7) is 1.92. The second-order valence-electron chi connectivity index (χ2n) is 7.27. The van der Waals surface area contributed by atoms with Gasteiger partial charge in [-0.3, -0.25) is 15.5 Å². The molecule has 0 spiro atoms. The second kappa shape index (κ2) is 8.57. The van der Waals surface area contributed by atoms with Crippen LogP contribution in [0.3, 0.4) is 0 Å². The second-order valence-corrected chi connectivity index (χ2v) is 8.18. The van der Waals surface area contributed by atoms with E-state index in [1.54, 1.807) is 26.4 Å². The molecule has 0 saturated heterocycles. The fourth-order valence-electron chi connectivity index (χ4n) is 3.57. The Bertz CT molecular complexity index is 1050. The maximum Gasteiger partial charge on any atom is 0.235 e. The molecule has 2 aromatic rings. The number of amides is 1. The largest absolute Gasteiger partial charge is 0.393 e. The zero-order valence-corrected chi connectivity index (χ0v) is 18.0. The van der Waals surface area contributed by atoms with Crippen LogP contribution in [0.15, 0.2) is 52.6 Å². The molecule has 8 nitrogen and oxygen atoms in total. The number of hydrogen-bond acceptors (Lipinski definition) is 8. The molecule has 0 bridgehead atoms. The summed E-state index contributed by atoms with van der Waals surface area (Å²) in [6.07, 6.45) is 2.09. The molecule has 1 aromatic carbocycles. The van der Waals surface area contributed by atoms with E-state index >= 15 is 0 Å². The van der Waals surface area contributed by atoms with Gasteiger partial charge in [-0.15, -0.1) is 11.3 Å². The van der Waals surface area contributed by atoms with Gasteiger partial charge in [0.1, 0.15) is 5.54 Å². The van der Waals surface area contributed by atoms with E-state index in [-0.39, 0.29) is 11.9 Å². The van der Waals surface area contributed by atoms with Crippen LogP contribution in [0.1, 0.15) is 23.8 Å². The molecule has 2 atom stereocenters. The molecule has 0 radical (unpaired) electrons. The van der Waals surface area contributed by atoms with Crippen molar-refractivity contribution in [2.75, 3.05) is 14.1 Å². The van der Waals surface area contributed by atoms with Crippen LogP contribution in [-0.2, 0) is 10.3 Å². The number of rotatable bonds is 6. The van der Waals surface area contributed by atoms with Crippen molar-refractivity contribution in [3.63, 3.8) is 0 Å². The fraction of sp³-hybridized carbons (Fsp3) is 0.286. The van der Waals surface area contributed by atoms with Gasteiger partial charge >= 0.3 is 0 Å². The van der Waals surface area contributed by atoms with Crippen molar-refractivity contribution in [1.82, 2.24) is 15.6 Å². The van der Waals surface area contributed by atoms with Gasteiger partial charge in [0.25, 0.3) is 0 Å². The number of thiophene rings is 1. The molecule has 156 valence electrons. The monoisotopic (exact) mass is 423 g/mol. The number of carbonyl (C=O) groups excluding carboxylic acids is 1. The summed E-state index contributed by atoms with van der Waals surface area (Å²) in [7, 11) is 3.39. The van der Waals surface area contributed by atoms with Crippen LogP contribution < -0.4 is 22.3 Å². The highest BCUT2D eigenvalue weighted by molar-refractivity contribution is 7.10. The third kappa shape index (κ3) is 3.87. The molecule has 1 amide bonds. The molecular formula is C21H25N7OS. The van der Waals surface area contributed by atoms with E-state index in [2.05, 4.69) is 16.8 Å². The van der Waals surface area contributed by atoms with Crippen LogP contribution in [0.5, 0.6) is 0 Å². The quantitative estimate of drug-likeness (QED) is 0.414. The van der Waals surface area contributed by atoms with Crippen molar-refractivity contribution >= 4 is 23.2 Å². The van der Waals surface area contributed by atoms with Crippen LogP contribution in [0.25, 0.3) is 11.1 Å². The average molecular weight is 424 g/mol. The molecular weight excluding hydrogens is 398 g/mol. The van der Waals surface area contributed by atoms with Crippen LogP contribution in [-0.4, -0.2) is 30.9 Å². The molecule has 0 saturated carbocycles. The van der Waals surface area contributed by atoms with Gasteiger partial charge in [-0.1, -0.05) is 12.1 Å². The molecule has 0 aliphatic carbocycles. The number of aliphatic imine (C=N–C) groups is 1. The summed E-state index contributed by atoms with van der Waals surface area (Å²) in [5.41, 5.74) is 11.1. The number of allylic oxidation sites excluding steroid dienone is 1. The van der Waals surface area contributed by atoms with Crippen molar-refractivity contribution in [3.05, 3.63) is 58.0 Å². The van der Waals surface area contributed by atoms with Crippen molar-refractivity contribution in [2.45, 2.75) is 18.9 Å². The molecule has 1 aliphatic rings. The molecule has 1 unspecified atom stereocenters. The van der Waals surface area contributed by atoms with Gasteiger partial charge in [-0.25, -0.2) is 4.99 Å². The number of benzene rings is 1. The van der Waals surface area contributed by atoms with Gasteiger partial charge in [-0.05, 0) is 41.6 Å². The number of carbonyl (C=O) groups is 1. The molecule has 1 aliphatic heterocycles. The Kier molecular flexibility index (Phi) is 6.10. The fourth-order valence-corrected chi connectivity index (χ4v) is 4.65. The number of nitrogens with two attached hydrogens (primary N) is 2. The summed E-state index contributed by atoms with van der Waals surface area (Å²) in [5.74, 6) is 5.21. The van der Waals surface area contributed by atoms with Crippen LogP contribution in [0.4, 0.5) is 0 Å². The summed E-state index contributed by atoms with van der Waals surface area (Å²) < 4.78 is 0. The van der Waals surface area contributed by atoms with Gasteiger partial charge in [0.05, 0.1) is 17.6 Å². The highest BCUT2D eigenvalue weighted by Gasteiger charge is 2.47. The van der Waals surface area contributed by atoms with Gasteiger partial charge in [-0.2, -0.15) is 5.26 Å². The minimum absolute atomic E-state index is 0.122. The first kappa shape index (κ1) is 21.4. The lowest BCUT2D eigenvalue weighted by Gasteiger charge is -2.40. The van der Waals surface area contributed by atoms with E-state index in [9.17, 15) is 10.1 Å². The first-order valence-corrected chi connectivity index (χ1v) is 10.3. The Morgan fingerprint density at radius 2 is 2.20 bits per heavy atom. The topological polar surface area (TPSA) is 133 Å². The van der Waals surface area contributed by atoms with E-state index in [4.69, 9.17) is 16.6 Å². The maximum absolute atomic E-state index is 13.2. The van der Waals surface area contributed by atoms with Gasteiger partial charge < -0.3 is 16.5 Å². The first-order chi connectivity index (χ1) is 14.3. The Morgan fingerprint density at radius 1 is 1.43 bits per heavy atom. The Balaban J connectivity index is 2.06. The summed E-state index contributed by atoms with van der Waals surface area (Å²) in [4.78, 5) is 20.2. The van der Waals surface area contributed by atoms with Gasteiger partial charge in [0.2, 0.25) is 5.91 Å². The number of hydrogen-bond donors (Lipinski definition) is 4. The highest BCUT2D eigenvalue weighted by atomic mass is 32.1. The van der Waals surface area contributed by atoms with E-state index in [1.807, 2.05) is 36.6 Å². The zero-order valence-electron chi connectivity index (χ0n) is 17.1. The van der Waals surface area contributed by atoms with E-state index in [1.165, 1.54) is 16.2 Å². The van der Waals surface area contributed by atoms with Crippen LogP contribution in [0.2, 0.25) is 0 Å². The highest BCUT2D eigenvalue weighted by Crippen LogP contribution is 2.44. The van der Waals surface area contributed by atoms with Gasteiger partial charge in [0.15, 0.2) is 5.96 Å². The van der Waals surface area contributed by atoms with E-state index in [0.717, 1.165) is 16.0 Å². The van der Waals surface area contributed by atoms with E-state index in [0.29, 0.717) is 17.7 Å². The van der Waals surface area contributed by atoms with Crippen LogP contribution in [0, 0.1) is 17.2 Å². The van der Waals surface area contributed by atoms with Crippen molar-refractivity contribution in [2.24, 2.45) is 22.5 Å². The number of hydrazine groups is 1. The normalized spacial score (nSPS) is 21.8. The van der Waals surface area contributed by atoms with Crippen molar-refractivity contribution < 1.29 is 4.79 Å². The van der Waals surface area contributed by atoms with E-state index < -0.39 is 11.5 Å². The number of guanidine groups is 1. The van der Waals surface area contributed by atoms with Crippen molar-refractivity contribution in [3.8, 4) is 17.2 Å². The van der Waals surface area contributed by atoms with Gasteiger partial charge in [0, 0.05) is 37.3 Å².